The van der Waals surface area contributed by atoms with Crippen LogP contribution in [0, 0.1) is 5.92 Å². The lowest BCUT2D eigenvalue weighted by atomic mass is 10.00. The van der Waals surface area contributed by atoms with Crippen LogP contribution >= 0.6 is 11.6 Å². The van der Waals surface area contributed by atoms with Crippen LogP contribution in [0.25, 0.3) is 0 Å². The van der Waals surface area contributed by atoms with Crippen molar-refractivity contribution in [3.8, 4) is 0 Å². The first-order valence-electron chi connectivity index (χ1n) is 7.32. The van der Waals surface area contributed by atoms with E-state index in [1.54, 1.807) is 18.2 Å². The van der Waals surface area contributed by atoms with E-state index in [-0.39, 0.29) is 5.97 Å². The summed E-state index contributed by atoms with van der Waals surface area (Å²) in [7, 11) is 1.39. The Morgan fingerprint density at radius 2 is 2.00 bits per heavy atom. The Labute approximate surface area is 125 Å². The van der Waals surface area contributed by atoms with E-state index in [1.165, 1.54) is 45.6 Å². The fraction of sp³-hybridized carbons (Fsp3) is 0.562. The van der Waals surface area contributed by atoms with Crippen molar-refractivity contribution in [1.82, 2.24) is 0 Å². The maximum absolute atomic E-state index is 11.7. The van der Waals surface area contributed by atoms with E-state index < -0.39 is 0 Å². The Balaban J connectivity index is 2.03. The summed E-state index contributed by atoms with van der Waals surface area (Å²) >= 11 is 6.02. The molecule has 20 heavy (non-hydrogen) atoms. The van der Waals surface area contributed by atoms with Gasteiger partial charge in [-0.15, -0.1) is 0 Å². The molecule has 0 atom stereocenters. The molecule has 1 aliphatic rings. The van der Waals surface area contributed by atoms with Crippen molar-refractivity contribution in [2.24, 2.45) is 5.92 Å². The Morgan fingerprint density at radius 1 is 1.30 bits per heavy atom. The molecule has 1 saturated carbocycles. The van der Waals surface area contributed by atoms with E-state index in [4.69, 9.17) is 16.3 Å². The third kappa shape index (κ3) is 4.14. The van der Waals surface area contributed by atoms with E-state index >= 15 is 0 Å². The Kier molecular flexibility index (Phi) is 5.72. The molecular weight excluding hydrogens is 274 g/mol. The molecule has 0 amide bonds. The zero-order chi connectivity index (χ0) is 14.4. The Bertz CT molecular complexity index is 454. The summed E-state index contributed by atoms with van der Waals surface area (Å²) < 4.78 is 4.81. The molecule has 1 aromatic rings. The number of carbonyl (C=O) groups is 1. The molecule has 1 aromatic carbocycles. The van der Waals surface area contributed by atoms with Crippen LogP contribution in [-0.4, -0.2) is 19.6 Å². The van der Waals surface area contributed by atoms with Gasteiger partial charge in [0.2, 0.25) is 0 Å². The van der Waals surface area contributed by atoms with Crippen molar-refractivity contribution in [1.29, 1.82) is 0 Å². The van der Waals surface area contributed by atoms with Crippen LogP contribution in [0.4, 0.5) is 5.69 Å². The first-order valence-corrected chi connectivity index (χ1v) is 7.70. The van der Waals surface area contributed by atoms with Gasteiger partial charge in [0.1, 0.15) is 0 Å². The minimum absolute atomic E-state index is 0.329. The average molecular weight is 296 g/mol. The van der Waals surface area contributed by atoms with Crippen LogP contribution in [0.3, 0.4) is 0 Å². The molecule has 1 aliphatic carbocycles. The molecule has 110 valence electrons. The van der Waals surface area contributed by atoms with Gasteiger partial charge in [-0.2, -0.15) is 0 Å². The number of nitrogens with one attached hydrogen (secondary N) is 1. The topological polar surface area (TPSA) is 38.3 Å². The van der Waals surface area contributed by atoms with E-state index in [1.807, 2.05) is 0 Å². The van der Waals surface area contributed by atoms with Gasteiger partial charge in [-0.25, -0.2) is 4.79 Å². The number of esters is 1. The van der Waals surface area contributed by atoms with Crippen LogP contribution in [0.2, 0.25) is 5.02 Å². The maximum atomic E-state index is 11.7. The summed E-state index contributed by atoms with van der Waals surface area (Å²) in [6.45, 7) is 0.893. The summed E-state index contributed by atoms with van der Waals surface area (Å²) in [5.41, 5.74) is 1.32. The van der Waals surface area contributed by atoms with Crippen molar-refractivity contribution in [3.05, 3.63) is 28.8 Å². The highest BCUT2D eigenvalue weighted by molar-refractivity contribution is 6.31. The second-order valence-corrected chi connectivity index (χ2v) is 5.86. The van der Waals surface area contributed by atoms with Gasteiger partial charge in [0.25, 0.3) is 0 Å². The molecule has 0 saturated heterocycles. The largest absolute Gasteiger partial charge is 0.465 e. The number of methoxy groups -OCH3 is 1. The van der Waals surface area contributed by atoms with Crippen molar-refractivity contribution >= 4 is 23.3 Å². The van der Waals surface area contributed by atoms with Gasteiger partial charge in [-0.3, -0.25) is 0 Å². The number of carbonyl (C=O) groups excluding carboxylic acids is 1. The zero-order valence-electron chi connectivity index (χ0n) is 12.0. The van der Waals surface area contributed by atoms with Gasteiger partial charge >= 0.3 is 5.97 Å². The number of anilines is 1. The van der Waals surface area contributed by atoms with Gasteiger partial charge in [0.05, 0.1) is 18.4 Å². The second-order valence-electron chi connectivity index (χ2n) is 5.42. The molecule has 0 aromatic heterocycles. The number of hydrogen-bond acceptors (Lipinski definition) is 3. The maximum Gasteiger partial charge on any atom is 0.339 e. The van der Waals surface area contributed by atoms with E-state index in [0.29, 0.717) is 16.5 Å². The lowest BCUT2D eigenvalue weighted by molar-refractivity contribution is 0.0602. The van der Waals surface area contributed by atoms with Crippen molar-refractivity contribution < 1.29 is 9.53 Å². The van der Waals surface area contributed by atoms with Crippen LogP contribution in [0.15, 0.2) is 18.2 Å². The van der Waals surface area contributed by atoms with E-state index in [0.717, 1.165) is 12.2 Å². The van der Waals surface area contributed by atoms with Gasteiger partial charge in [-0.1, -0.05) is 37.3 Å². The summed E-state index contributed by atoms with van der Waals surface area (Å²) in [6, 6.07) is 5.22. The first kappa shape index (κ1) is 15.2. The normalized spacial score (nSPS) is 16.5. The molecular formula is C16H22ClNO2. The fourth-order valence-electron chi connectivity index (χ4n) is 2.77. The van der Waals surface area contributed by atoms with Crippen LogP contribution in [0.1, 0.15) is 48.9 Å². The minimum atomic E-state index is -0.329. The molecule has 0 aliphatic heterocycles. The monoisotopic (exact) mass is 295 g/mol. The lowest BCUT2D eigenvalue weighted by Gasteiger charge is -2.17. The summed E-state index contributed by atoms with van der Waals surface area (Å²) in [5, 5.41) is 4.01. The highest BCUT2D eigenvalue weighted by atomic mass is 35.5. The molecule has 3 nitrogen and oxygen atoms in total. The number of benzene rings is 1. The summed E-state index contributed by atoms with van der Waals surface area (Å²) in [4.78, 5) is 11.7. The number of halogens is 1. The molecule has 1 fully saturated rings. The van der Waals surface area contributed by atoms with Gasteiger partial charge in [0.15, 0.2) is 0 Å². The van der Waals surface area contributed by atoms with Crippen molar-refractivity contribution in [2.45, 2.75) is 38.5 Å². The molecule has 0 heterocycles. The average Bonchev–Trinajstić information content (AvgIpc) is 2.73. The quantitative estimate of drug-likeness (QED) is 0.656. The Morgan fingerprint density at radius 3 is 2.65 bits per heavy atom. The lowest BCUT2D eigenvalue weighted by Crippen LogP contribution is -2.16. The van der Waals surface area contributed by atoms with E-state index in [2.05, 4.69) is 5.32 Å². The number of rotatable bonds is 4. The van der Waals surface area contributed by atoms with Crippen LogP contribution < -0.4 is 5.32 Å². The number of ether oxygens (including phenoxy) is 1. The zero-order valence-corrected chi connectivity index (χ0v) is 12.7. The molecule has 2 rings (SSSR count). The number of hydrogen-bond donors (Lipinski definition) is 1. The Hall–Kier alpha value is -1.22. The van der Waals surface area contributed by atoms with Gasteiger partial charge in [-0.05, 0) is 37.0 Å². The summed E-state index contributed by atoms with van der Waals surface area (Å²) in [5.74, 6) is 0.354. The van der Waals surface area contributed by atoms with Crippen LogP contribution in [0.5, 0.6) is 0 Å². The SMILES string of the molecule is COC(=O)c1ccc(Cl)cc1NCC1CCCCCC1. The third-order valence-electron chi connectivity index (χ3n) is 3.94. The second kappa shape index (κ2) is 7.53. The van der Waals surface area contributed by atoms with E-state index in [9.17, 15) is 4.79 Å². The highest BCUT2D eigenvalue weighted by Crippen LogP contribution is 2.26. The highest BCUT2D eigenvalue weighted by Gasteiger charge is 2.15. The first-order chi connectivity index (χ1) is 9.70. The molecule has 0 radical (unpaired) electrons. The third-order valence-corrected chi connectivity index (χ3v) is 4.18. The molecule has 4 heteroatoms. The van der Waals surface area contributed by atoms with Gasteiger partial charge < -0.3 is 10.1 Å². The minimum Gasteiger partial charge on any atom is -0.465 e. The standard InChI is InChI=1S/C16H22ClNO2/c1-20-16(19)14-9-8-13(17)10-15(14)18-11-12-6-4-2-3-5-7-12/h8-10,12,18H,2-7,11H2,1H3. The predicted octanol–water partition coefficient (Wildman–Crippen LogP) is 4.51. The van der Waals surface area contributed by atoms with Crippen molar-refractivity contribution in [2.75, 3.05) is 19.0 Å². The van der Waals surface area contributed by atoms with Gasteiger partial charge in [0, 0.05) is 11.6 Å². The smallest absolute Gasteiger partial charge is 0.339 e. The van der Waals surface area contributed by atoms with Crippen LogP contribution in [-0.2, 0) is 4.74 Å². The molecule has 0 bridgehead atoms. The van der Waals surface area contributed by atoms with Crippen molar-refractivity contribution in [3.63, 3.8) is 0 Å². The summed E-state index contributed by atoms with van der Waals surface area (Å²) in [6.07, 6.45) is 7.85. The molecule has 1 N–H and O–H groups in total. The molecule has 0 spiro atoms. The molecule has 0 unspecified atom stereocenters. The predicted molar refractivity (Wildman–Crippen MR) is 82.5 cm³/mol. The fourth-order valence-corrected chi connectivity index (χ4v) is 2.95.